The highest BCUT2D eigenvalue weighted by atomic mass is 35.5. The maximum Gasteiger partial charge on any atom is 0.228 e. The van der Waals surface area contributed by atoms with Gasteiger partial charge in [-0.25, -0.2) is 0 Å². The number of rotatable bonds is 2. The first-order valence-electron chi connectivity index (χ1n) is 4.63. The molecule has 1 aliphatic rings. The molecule has 0 aromatic heterocycles. The predicted octanol–water partition coefficient (Wildman–Crippen LogP) is 2.96. The third-order valence-electron chi connectivity index (χ3n) is 3.93. The van der Waals surface area contributed by atoms with Crippen molar-refractivity contribution in [2.45, 2.75) is 33.6 Å². The predicted molar refractivity (Wildman–Crippen MR) is 56.3 cm³/mol. The quantitative estimate of drug-likeness (QED) is 0.692. The van der Waals surface area contributed by atoms with Crippen LogP contribution >= 0.6 is 23.2 Å². The molecule has 1 fully saturated rings. The van der Waals surface area contributed by atoms with E-state index in [2.05, 4.69) is 0 Å². The van der Waals surface area contributed by atoms with Gasteiger partial charge in [0.1, 0.15) is 0 Å². The second-order valence-corrected chi connectivity index (χ2v) is 5.44. The van der Waals surface area contributed by atoms with E-state index in [9.17, 15) is 9.59 Å². The molecule has 2 nitrogen and oxygen atoms in total. The zero-order valence-electron chi connectivity index (χ0n) is 8.56. The van der Waals surface area contributed by atoms with Crippen LogP contribution in [0.5, 0.6) is 0 Å². The highest BCUT2D eigenvalue weighted by Crippen LogP contribution is 2.57. The zero-order valence-corrected chi connectivity index (χ0v) is 10.1. The molecule has 0 spiro atoms. The van der Waals surface area contributed by atoms with Gasteiger partial charge in [0, 0.05) is 11.3 Å². The molecule has 1 saturated carbocycles. The van der Waals surface area contributed by atoms with Crippen molar-refractivity contribution in [1.29, 1.82) is 0 Å². The number of carbonyl (C=O) groups is 2. The second kappa shape index (κ2) is 3.49. The lowest BCUT2D eigenvalue weighted by Gasteiger charge is -2.37. The average Bonchev–Trinajstić information content (AvgIpc) is 2.24. The summed E-state index contributed by atoms with van der Waals surface area (Å²) < 4.78 is 0. The Morgan fingerprint density at radius 1 is 1.21 bits per heavy atom. The number of halogens is 2. The summed E-state index contributed by atoms with van der Waals surface area (Å²) in [4.78, 5) is 22.5. The lowest BCUT2D eigenvalue weighted by molar-refractivity contribution is -0.127. The van der Waals surface area contributed by atoms with Crippen LogP contribution in [0.15, 0.2) is 0 Å². The fourth-order valence-corrected chi connectivity index (χ4v) is 2.97. The highest BCUT2D eigenvalue weighted by molar-refractivity contribution is 6.65. The molecule has 4 heteroatoms. The Labute approximate surface area is 93.9 Å². The van der Waals surface area contributed by atoms with Gasteiger partial charge in [0.2, 0.25) is 10.5 Å². The molecule has 1 rings (SSSR count). The highest BCUT2D eigenvalue weighted by Gasteiger charge is 2.57. The topological polar surface area (TPSA) is 34.1 Å². The fourth-order valence-electron chi connectivity index (χ4n) is 2.25. The van der Waals surface area contributed by atoms with Crippen molar-refractivity contribution in [1.82, 2.24) is 0 Å². The number of carbonyl (C=O) groups excluding carboxylic acids is 2. The lowest BCUT2D eigenvalue weighted by Crippen LogP contribution is -2.40. The van der Waals surface area contributed by atoms with Crippen molar-refractivity contribution in [3.8, 4) is 0 Å². The standard InChI is InChI=1S/C10H14Cl2O2/c1-9(2)6(7(11)13)4-5-10(9,3)8(12)14/h6H,4-5H2,1-3H3/t6?,10-/m0/s1. The van der Waals surface area contributed by atoms with E-state index in [4.69, 9.17) is 23.2 Å². The zero-order chi connectivity index (χ0) is 11.1. The Hall–Kier alpha value is -0.0800. The second-order valence-electron chi connectivity index (χ2n) is 4.72. The minimum Gasteiger partial charge on any atom is -0.281 e. The van der Waals surface area contributed by atoms with Crippen molar-refractivity contribution in [3.05, 3.63) is 0 Å². The third kappa shape index (κ3) is 1.49. The van der Waals surface area contributed by atoms with Crippen LogP contribution in [0.3, 0.4) is 0 Å². The summed E-state index contributed by atoms with van der Waals surface area (Å²) in [6, 6.07) is 0. The molecule has 0 bridgehead atoms. The van der Waals surface area contributed by atoms with Gasteiger partial charge in [0.15, 0.2) is 0 Å². The van der Waals surface area contributed by atoms with Crippen molar-refractivity contribution in [2.75, 3.05) is 0 Å². The average molecular weight is 237 g/mol. The maximum absolute atomic E-state index is 11.4. The molecule has 2 atom stereocenters. The molecule has 14 heavy (non-hydrogen) atoms. The molecule has 0 N–H and O–H groups in total. The van der Waals surface area contributed by atoms with Gasteiger partial charge in [-0.15, -0.1) is 0 Å². The van der Waals surface area contributed by atoms with E-state index in [0.29, 0.717) is 12.8 Å². The first kappa shape index (κ1) is 12.0. The Morgan fingerprint density at radius 3 is 1.93 bits per heavy atom. The molecule has 0 aromatic carbocycles. The van der Waals surface area contributed by atoms with E-state index in [1.165, 1.54) is 0 Å². The third-order valence-corrected chi connectivity index (χ3v) is 4.61. The number of hydrogen-bond donors (Lipinski definition) is 0. The van der Waals surface area contributed by atoms with Crippen LogP contribution in [-0.2, 0) is 9.59 Å². The van der Waals surface area contributed by atoms with E-state index < -0.39 is 10.8 Å². The molecule has 80 valence electrons. The van der Waals surface area contributed by atoms with Crippen LogP contribution in [0.4, 0.5) is 0 Å². The van der Waals surface area contributed by atoms with Crippen LogP contribution in [-0.4, -0.2) is 10.5 Å². The molecular formula is C10H14Cl2O2. The first-order valence-corrected chi connectivity index (χ1v) is 5.38. The SMILES string of the molecule is CC1(C)C(C(=O)Cl)CC[C@@]1(C)C(=O)Cl. The van der Waals surface area contributed by atoms with Crippen LogP contribution in [0.2, 0.25) is 0 Å². The number of hydrogen-bond acceptors (Lipinski definition) is 2. The normalized spacial score (nSPS) is 35.6. The van der Waals surface area contributed by atoms with Crippen LogP contribution in [0, 0.1) is 16.7 Å². The largest absolute Gasteiger partial charge is 0.281 e. The van der Waals surface area contributed by atoms with Crippen LogP contribution in [0.1, 0.15) is 33.6 Å². The molecule has 0 radical (unpaired) electrons. The summed E-state index contributed by atoms with van der Waals surface area (Å²) in [6.45, 7) is 5.57. The van der Waals surface area contributed by atoms with Crippen LogP contribution < -0.4 is 0 Å². The van der Waals surface area contributed by atoms with E-state index in [-0.39, 0.29) is 16.4 Å². The summed E-state index contributed by atoms with van der Waals surface area (Å²) in [7, 11) is 0. The van der Waals surface area contributed by atoms with E-state index >= 15 is 0 Å². The van der Waals surface area contributed by atoms with Crippen molar-refractivity contribution in [3.63, 3.8) is 0 Å². The minimum absolute atomic E-state index is 0.267. The molecule has 0 heterocycles. The fraction of sp³-hybridized carbons (Fsp3) is 0.800. The van der Waals surface area contributed by atoms with Gasteiger partial charge in [0.05, 0.1) is 0 Å². The first-order chi connectivity index (χ1) is 6.23. The molecule has 1 aliphatic carbocycles. The van der Waals surface area contributed by atoms with Crippen molar-refractivity contribution < 1.29 is 9.59 Å². The smallest absolute Gasteiger partial charge is 0.228 e. The Morgan fingerprint density at radius 2 is 1.71 bits per heavy atom. The van der Waals surface area contributed by atoms with Gasteiger partial charge >= 0.3 is 0 Å². The maximum atomic E-state index is 11.4. The van der Waals surface area contributed by atoms with E-state index in [1.807, 2.05) is 20.8 Å². The molecule has 0 saturated heterocycles. The summed E-state index contributed by atoms with van der Waals surface area (Å²) in [5.74, 6) is -0.267. The van der Waals surface area contributed by atoms with Gasteiger partial charge in [-0.2, -0.15) is 0 Å². The van der Waals surface area contributed by atoms with E-state index in [1.54, 1.807) is 0 Å². The molecule has 0 aliphatic heterocycles. The van der Waals surface area contributed by atoms with Crippen LogP contribution in [0.25, 0.3) is 0 Å². The summed E-state index contributed by atoms with van der Waals surface area (Å²) in [6.07, 6.45) is 1.27. The summed E-state index contributed by atoms with van der Waals surface area (Å²) in [5, 5.41) is -0.737. The molecule has 0 amide bonds. The van der Waals surface area contributed by atoms with Gasteiger partial charge in [-0.05, 0) is 41.5 Å². The summed E-state index contributed by atoms with van der Waals surface area (Å²) >= 11 is 11.1. The van der Waals surface area contributed by atoms with Gasteiger partial charge in [0.25, 0.3) is 0 Å². The van der Waals surface area contributed by atoms with Gasteiger partial charge in [-0.1, -0.05) is 20.8 Å². The van der Waals surface area contributed by atoms with E-state index in [0.717, 1.165) is 0 Å². The molecule has 1 unspecified atom stereocenters. The van der Waals surface area contributed by atoms with Gasteiger partial charge in [-0.3, -0.25) is 9.59 Å². The lowest BCUT2D eigenvalue weighted by atomic mass is 9.67. The van der Waals surface area contributed by atoms with Gasteiger partial charge < -0.3 is 0 Å². The molecule has 0 aromatic rings. The summed E-state index contributed by atoms with van der Waals surface area (Å²) in [5.41, 5.74) is -1.09. The Balaban J connectivity index is 3.08. The monoisotopic (exact) mass is 236 g/mol. The van der Waals surface area contributed by atoms with Crippen molar-refractivity contribution in [2.24, 2.45) is 16.7 Å². The Kier molecular flexibility index (Phi) is 2.99. The van der Waals surface area contributed by atoms with Crippen molar-refractivity contribution >= 4 is 33.7 Å². The Bertz CT molecular complexity index is 286. The minimum atomic E-state index is -0.635. The molecular weight excluding hydrogens is 223 g/mol.